The zero-order chi connectivity index (χ0) is 14.3. The Kier molecular flexibility index (Phi) is 2.83. The first-order chi connectivity index (χ1) is 9.65. The Labute approximate surface area is 116 Å². The van der Waals surface area contributed by atoms with Crippen molar-refractivity contribution in [1.82, 2.24) is 0 Å². The molecule has 0 spiro atoms. The van der Waals surface area contributed by atoms with Crippen LogP contribution in [-0.4, -0.2) is 18.5 Å². The number of phenolic OH excluding ortho intramolecular Hbond substituents is 1. The van der Waals surface area contributed by atoms with Crippen molar-refractivity contribution in [3.05, 3.63) is 47.5 Å². The first kappa shape index (κ1) is 12.5. The van der Waals surface area contributed by atoms with E-state index in [0.29, 0.717) is 11.8 Å². The number of carbonyl (C=O) groups is 1. The molecule has 0 saturated heterocycles. The van der Waals surface area contributed by atoms with Crippen molar-refractivity contribution in [2.24, 2.45) is 0 Å². The van der Waals surface area contributed by atoms with E-state index in [1.807, 2.05) is 37.3 Å². The Balaban J connectivity index is 2.50. The molecule has 3 nitrogen and oxygen atoms in total. The van der Waals surface area contributed by atoms with Gasteiger partial charge in [0.2, 0.25) is 0 Å². The molecule has 0 atom stereocenters. The fraction of sp³-hybridized carbons (Fsp3) is 0.118. The molecule has 0 aromatic heterocycles. The van der Waals surface area contributed by atoms with Crippen LogP contribution in [0, 0.1) is 6.92 Å². The Morgan fingerprint density at radius 3 is 2.60 bits per heavy atom. The summed E-state index contributed by atoms with van der Waals surface area (Å²) in [4.78, 5) is 11.3. The van der Waals surface area contributed by atoms with E-state index in [1.54, 1.807) is 13.2 Å². The highest BCUT2D eigenvalue weighted by atomic mass is 16.5. The van der Waals surface area contributed by atoms with Gasteiger partial charge in [0.15, 0.2) is 6.29 Å². The van der Waals surface area contributed by atoms with Crippen molar-refractivity contribution in [1.29, 1.82) is 0 Å². The molecule has 100 valence electrons. The summed E-state index contributed by atoms with van der Waals surface area (Å²) in [6, 6.07) is 11.2. The molecule has 0 saturated carbocycles. The van der Waals surface area contributed by atoms with Gasteiger partial charge in [0.05, 0.1) is 12.7 Å². The number of methoxy groups -OCH3 is 1. The van der Waals surface area contributed by atoms with Gasteiger partial charge in [-0.1, -0.05) is 12.1 Å². The molecule has 0 radical (unpaired) electrons. The number of ether oxygens (including phenoxy) is 1. The zero-order valence-electron chi connectivity index (χ0n) is 11.3. The standard InChI is InChI=1S/C17H14O3/c1-10-14-5-4-13(20-2)8-12(14)7-11-3-6-16(19)15(9-18)17(10)11/h3-9,19H,1-2H3. The maximum atomic E-state index is 11.3. The van der Waals surface area contributed by atoms with Gasteiger partial charge in [-0.15, -0.1) is 0 Å². The van der Waals surface area contributed by atoms with E-state index in [1.165, 1.54) is 0 Å². The molecular weight excluding hydrogens is 252 g/mol. The molecule has 3 heteroatoms. The lowest BCUT2D eigenvalue weighted by molar-refractivity contribution is 0.112. The Hall–Kier alpha value is -2.55. The van der Waals surface area contributed by atoms with Crippen LogP contribution in [0.25, 0.3) is 21.5 Å². The molecule has 0 fully saturated rings. The minimum Gasteiger partial charge on any atom is -0.507 e. The van der Waals surface area contributed by atoms with E-state index >= 15 is 0 Å². The van der Waals surface area contributed by atoms with Gasteiger partial charge >= 0.3 is 0 Å². The molecule has 0 unspecified atom stereocenters. The third kappa shape index (κ3) is 1.71. The molecule has 0 aliphatic carbocycles. The average Bonchev–Trinajstić information content (AvgIpc) is 2.47. The second-order valence-corrected chi connectivity index (χ2v) is 4.80. The molecule has 3 rings (SSSR count). The molecule has 0 aliphatic rings. The van der Waals surface area contributed by atoms with Crippen LogP contribution < -0.4 is 4.74 Å². The van der Waals surface area contributed by atoms with Crippen LogP contribution in [0.4, 0.5) is 0 Å². The van der Waals surface area contributed by atoms with Crippen molar-refractivity contribution in [3.63, 3.8) is 0 Å². The first-order valence-electron chi connectivity index (χ1n) is 6.34. The lowest BCUT2D eigenvalue weighted by Crippen LogP contribution is -1.91. The van der Waals surface area contributed by atoms with Crippen molar-refractivity contribution >= 4 is 27.8 Å². The molecule has 0 heterocycles. The third-order valence-corrected chi connectivity index (χ3v) is 3.72. The minimum absolute atomic E-state index is 0.0171. The molecule has 3 aromatic carbocycles. The SMILES string of the molecule is COc1ccc2c(C)c3c(C=O)c(O)ccc3cc2c1. The summed E-state index contributed by atoms with van der Waals surface area (Å²) >= 11 is 0. The summed E-state index contributed by atoms with van der Waals surface area (Å²) in [5.41, 5.74) is 1.33. The summed E-state index contributed by atoms with van der Waals surface area (Å²) < 4.78 is 5.24. The fourth-order valence-electron chi connectivity index (χ4n) is 2.71. The summed E-state index contributed by atoms with van der Waals surface area (Å²) in [5, 5.41) is 13.7. The van der Waals surface area contributed by atoms with Crippen LogP contribution in [0.2, 0.25) is 0 Å². The first-order valence-corrected chi connectivity index (χ1v) is 6.34. The van der Waals surface area contributed by atoms with Crippen molar-refractivity contribution in [2.45, 2.75) is 6.92 Å². The second-order valence-electron chi connectivity index (χ2n) is 4.80. The van der Waals surface area contributed by atoms with E-state index in [0.717, 1.165) is 32.9 Å². The molecule has 20 heavy (non-hydrogen) atoms. The number of phenols is 1. The smallest absolute Gasteiger partial charge is 0.154 e. The topological polar surface area (TPSA) is 46.5 Å². The van der Waals surface area contributed by atoms with Crippen LogP contribution in [0.3, 0.4) is 0 Å². The number of aldehydes is 1. The van der Waals surface area contributed by atoms with Gasteiger partial charge in [0.25, 0.3) is 0 Å². The number of aryl methyl sites for hydroxylation is 1. The largest absolute Gasteiger partial charge is 0.507 e. The Bertz CT molecular complexity index is 835. The number of fused-ring (bicyclic) bond motifs is 2. The van der Waals surface area contributed by atoms with Gasteiger partial charge in [-0.25, -0.2) is 0 Å². The lowest BCUT2D eigenvalue weighted by atomic mass is 9.94. The normalized spacial score (nSPS) is 10.9. The second kappa shape index (κ2) is 4.53. The van der Waals surface area contributed by atoms with Crippen molar-refractivity contribution in [3.8, 4) is 11.5 Å². The Morgan fingerprint density at radius 2 is 1.90 bits per heavy atom. The van der Waals surface area contributed by atoms with Crippen LogP contribution in [-0.2, 0) is 0 Å². The molecule has 1 N–H and O–H groups in total. The number of benzene rings is 3. The maximum absolute atomic E-state index is 11.3. The van der Waals surface area contributed by atoms with Crippen LogP contribution in [0.5, 0.6) is 11.5 Å². The van der Waals surface area contributed by atoms with Gasteiger partial charge in [-0.05, 0) is 58.3 Å². The van der Waals surface area contributed by atoms with E-state index in [2.05, 4.69) is 0 Å². The Morgan fingerprint density at radius 1 is 1.10 bits per heavy atom. The predicted molar refractivity (Wildman–Crippen MR) is 79.8 cm³/mol. The minimum atomic E-state index is 0.0171. The number of carbonyl (C=O) groups excluding carboxylic acids is 1. The average molecular weight is 266 g/mol. The van der Waals surface area contributed by atoms with Gasteiger partial charge in [0, 0.05) is 0 Å². The van der Waals surface area contributed by atoms with Crippen molar-refractivity contribution in [2.75, 3.05) is 7.11 Å². The highest BCUT2D eigenvalue weighted by Crippen LogP contribution is 2.34. The summed E-state index contributed by atoms with van der Waals surface area (Å²) in [6.45, 7) is 1.96. The number of rotatable bonds is 2. The lowest BCUT2D eigenvalue weighted by Gasteiger charge is -2.11. The summed E-state index contributed by atoms with van der Waals surface area (Å²) in [6.07, 6.45) is 0.708. The van der Waals surface area contributed by atoms with Crippen molar-refractivity contribution < 1.29 is 14.6 Å². The third-order valence-electron chi connectivity index (χ3n) is 3.72. The van der Waals surface area contributed by atoms with Gasteiger partial charge in [-0.3, -0.25) is 4.79 Å². The van der Waals surface area contributed by atoms with E-state index in [9.17, 15) is 9.90 Å². The molecule has 0 aliphatic heterocycles. The van der Waals surface area contributed by atoms with E-state index < -0.39 is 0 Å². The quantitative estimate of drug-likeness (QED) is 0.566. The zero-order valence-corrected chi connectivity index (χ0v) is 11.3. The monoisotopic (exact) mass is 266 g/mol. The number of hydrogen-bond acceptors (Lipinski definition) is 3. The fourth-order valence-corrected chi connectivity index (χ4v) is 2.71. The van der Waals surface area contributed by atoms with Gasteiger partial charge < -0.3 is 9.84 Å². The number of hydrogen-bond donors (Lipinski definition) is 1. The molecule has 0 amide bonds. The highest BCUT2D eigenvalue weighted by Gasteiger charge is 2.11. The van der Waals surface area contributed by atoms with Gasteiger partial charge in [-0.2, -0.15) is 0 Å². The maximum Gasteiger partial charge on any atom is 0.154 e. The van der Waals surface area contributed by atoms with Crippen LogP contribution in [0.1, 0.15) is 15.9 Å². The molecule has 3 aromatic rings. The van der Waals surface area contributed by atoms with Gasteiger partial charge in [0.1, 0.15) is 11.5 Å². The molecular formula is C17H14O3. The summed E-state index contributed by atoms with van der Waals surface area (Å²) in [5.74, 6) is 0.814. The van der Waals surface area contributed by atoms with Crippen LogP contribution >= 0.6 is 0 Å². The van der Waals surface area contributed by atoms with E-state index in [4.69, 9.17) is 4.74 Å². The molecule has 0 bridgehead atoms. The number of aromatic hydroxyl groups is 1. The summed E-state index contributed by atoms with van der Waals surface area (Å²) in [7, 11) is 1.64. The highest BCUT2D eigenvalue weighted by molar-refractivity contribution is 6.09. The predicted octanol–water partition coefficient (Wildman–Crippen LogP) is 3.83. The van der Waals surface area contributed by atoms with E-state index in [-0.39, 0.29) is 5.75 Å². The van der Waals surface area contributed by atoms with Crippen LogP contribution in [0.15, 0.2) is 36.4 Å².